The Morgan fingerprint density at radius 2 is 1.96 bits per heavy atom. The van der Waals surface area contributed by atoms with Crippen molar-refractivity contribution in [3.8, 4) is 5.75 Å². The van der Waals surface area contributed by atoms with Gasteiger partial charge < -0.3 is 9.64 Å². The number of unbranched alkanes of at least 4 members (excludes halogenated alkanes) is 1. The molecule has 1 amide bonds. The molecule has 5 nitrogen and oxygen atoms in total. The third-order valence-electron chi connectivity index (χ3n) is 4.42. The van der Waals surface area contributed by atoms with Crippen molar-refractivity contribution in [2.24, 2.45) is 0 Å². The normalized spacial score (nSPS) is 17.4. The molecule has 0 bridgehead atoms. The van der Waals surface area contributed by atoms with Crippen LogP contribution in [-0.2, 0) is 9.84 Å². The number of hydrogen-bond donors (Lipinski definition) is 0. The molecule has 0 unspecified atom stereocenters. The monoisotopic (exact) mass is 419 g/mol. The lowest BCUT2D eigenvalue weighted by molar-refractivity contribution is 0.0983. The molecule has 0 saturated carbocycles. The van der Waals surface area contributed by atoms with Crippen molar-refractivity contribution in [2.45, 2.75) is 25.8 Å². The standard InChI is InChI=1S/C21H22ClNO4S/c1-2-3-12-27-20-9-7-16(8-10-20)21(24)23(18-6-4-5-17(22)14-18)19-11-13-28(25,26)15-19/h4-11,13-14,19H,2-3,12,15H2,1H3/t19-/m0/s1. The Kier molecular flexibility index (Phi) is 6.42. The second-order valence-electron chi connectivity index (χ2n) is 6.61. The lowest BCUT2D eigenvalue weighted by atomic mass is 10.1. The van der Waals surface area contributed by atoms with Gasteiger partial charge in [-0.1, -0.05) is 31.0 Å². The summed E-state index contributed by atoms with van der Waals surface area (Å²) in [6.07, 6.45) is 3.55. The molecule has 28 heavy (non-hydrogen) atoms. The smallest absolute Gasteiger partial charge is 0.258 e. The van der Waals surface area contributed by atoms with Crippen LogP contribution in [0.4, 0.5) is 5.69 Å². The van der Waals surface area contributed by atoms with E-state index in [-0.39, 0.29) is 11.7 Å². The van der Waals surface area contributed by atoms with Gasteiger partial charge in [0.25, 0.3) is 5.91 Å². The van der Waals surface area contributed by atoms with Gasteiger partial charge in [0.05, 0.1) is 18.4 Å². The molecule has 0 N–H and O–H groups in total. The second kappa shape index (κ2) is 8.80. The summed E-state index contributed by atoms with van der Waals surface area (Å²) < 4.78 is 29.4. The van der Waals surface area contributed by atoms with Gasteiger partial charge in [0, 0.05) is 21.7 Å². The van der Waals surface area contributed by atoms with E-state index in [1.54, 1.807) is 48.5 Å². The van der Waals surface area contributed by atoms with Gasteiger partial charge in [0.1, 0.15) is 5.75 Å². The first-order valence-corrected chi connectivity index (χ1v) is 11.2. The molecule has 2 aromatic rings. The highest BCUT2D eigenvalue weighted by Gasteiger charge is 2.32. The summed E-state index contributed by atoms with van der Waals surface area (Å²) in [6, 6.07) is 13.1. The summed E-state index contributed by atoms with van der Waals surface area (Å²) in [6.45, 7) is 2.72. The van der Waals surface area contributed by atoms with Crippen molar-refractivity contribution in [3.63, 3.8) is 0 Å². The van der Waals surface area contributed by atoms with Crippen LogP contribution < -0.4 is 9.64 Å². The maximum Gasteiger partial charge on any atom is 0.258 e. The summed E-state index contributed by atoms with van der Waals surface area (Å²) in [5.74, 6) is 0.250. The third kappa shape index (κ3) is 4.94. The van der Waals surface area contributed by atoms with Crippen molar-refractivity contribution in [2.75, 3.05) is 17.3 Å². The Morgan fingerprint density at radius 3 is 2.57 bits per heavy atom. The van der Waals surface area contributed by atoms with Crippen LogP contribution in [0.25, 0.3) is 0 Å². The minimum Gasteiger partial charge on any atom is -0.494 e. The van der Waals surface area contributed by atoms with Crippen LogP contribution in [0.15, 0.2) is 60.0 Å². The summed E-state index contributed by atoms with van der Waals surface area (Å²) in [4.78, 5) is 14.7. The van der Waals surface area contributed by atoms with E-state index in [0.29, 0.717) is 28.6 Å². The SMILES string of the molecule is CCCCOc1ccc(C(=O)N(c2cccc(Cl)c2)[C@H]2C=CS(=O)(=O)C2)cc1. The molecule has 2 aromatic carbocycles. The molecule has 0 saturated heterocycles. The van der Waals surface area contributed by atoms with Gasteiger partial charge >= 0.3 is 0 Å². The Morgan fingerprint density at radius 1 is 1.21 bits per heavy atom. The molecule has 148 valence electrons. The number of carbonyl (C=O) groups is 1. The van der Waals surface area contributed by atoms with Crippen molar-refractivity contribution < 1.29 is 17.9 Å². The Labute approximate surface area is 170 Å². The molecule has 1 aliphatic heterocycles. The van der Waals surface area contributed by atoms with Crippen LogP contribution in [0.1, 0.15) is 30.1 Å². The molecule has 7 heteroatoms. The molecule has 1 aliphatic rings. The van der Waals surface area contributed by atoms with Crippen LogP contribution in [-0.4, -0.2) is 32.7 Å². The average molecular weight is 420 g/mol. The van der Waals surface area contributed by atoms with Crippen LogP contribution in [0.2, 0.25) is 5.02 Å². The number of sulfone groups is 1. The minimum atomic E-state index is -3.32. The number of halogens is 1. The molecule has 0 spiro atoms. The fraction of sp³-hybridized carbons (Fsp3) is 0.286. The van der Waals surface area contributed by atoms with Crippen LogP contribution in [0.5, 0.6) is 5.75 Å². The zero-order valence-electron chi connectivity index (χ0n) is 15.5. The quantitative estimate of drug-likeness (QED) is 0.621. The number of nitrogens with zero attached hydrogens (tertiary/aromatic N) is 1. The van der Waals surface area contributed by atoms with E-state index >= 15 is 0 Å². The van der Waals surface area contributed by atoms with E-state index in [4.69, 9.17) is 16.3 Å². The van der Waals surface area contributed by atoms with Crippen LogP contribution >= 0.6 is 11.6 Å². The molecule has 0 radical (unpaired) electrons. The van der Waals surface area contributed by atoms with E-state index in [0.717, 1.165) is 18.2 Å². The number of hydrogen-bond acceptors (Lipinski definition) is 4. The summed E-state index contributed by atoms with van der Waals surface area (Å²) in [7, 11) is -3.32. The van der Waals surface area contributed by atoms with E-state index in [2.05, 4.69) is 6.92 Å². The zero-order valence-corrected chi connectivity index (χ0v) is 17.1. The number of carbonyl (C=O) groups excluding carboxylic acids is 1. The fourth-order valence-corrected chi connectivity index (χ4v) is 4.43. The second-order valence-corrected chi connectivity index (χ2v) is 8.97. The van der Waals surface area contributed by atoms with Crippen molar-refractivity contribution in [1.82, 2.24) is 0 Å². The van der Waals surface area contributed by atoms with Gasteiger partial charge in [0.2, 0.25) is 0 Å². The lowest BCUT2D eigenvalue weighted by Crippen LogP contribution is -2.41. The number of anilines is 1. The fourth-order valence-electron chi connectivity index (χ4n) is 2.97. The van der Waals surface area contributed by atoms with Gasteiger partial charge in [0.15, 0.2) is 9.84 Å². The Hall–Kier alpha value is -2.31. The minimum absolute atomic E-state index is 0.149. The molecular formula is C21H22ClNO4S. The van der Waals surface area contributed by atoms with Crippen molar-refractivity contribution in [3.05, 3.63) is 70.6 Å². The Balaban J connectivity index is 1.87. The van der Waals surface area contributed by atoms with Crippen molar-refractivity contribution >= 4 is 33.0 Å². The largest absolute Gasteiger partial charge is 0.494 e. The molecular weight excluding hydrogens is 398 g/mol. The zero-order chi connectivity index (χ0) is 20.1. The predicted octanol–water partition coefficient (Wildman–Crippen LogP) is 4.48. The van der Waals surface area contributed by atoms with E-state index in [1.165, 1.54) is 11.0 Å². The van der Waals surface area contributed by atoms with Gasteiger partial charge in [-0.05, 0) is 55.0 Å². The van der Waals surface area contributed by atoms with Gasteiger partial charge in [-0.2, -0.15) is 0 Å². The first-order chi connectivity index (χ1) is 13.4. The topological polar surface area (TPSA) is 63.7 Å². The molecule has 0 aliphatic carbocycles. The van der Waals surface area contributed by atoms with Crippen LogP contribution in [0, 0.1) is 0 Å². The third-order valence-corrected chi connectivity index (χ3v) is 6.03. The summed E-state index contributed by atoms with van der Waals surface area (Å²) in [5.41, 5.74) is 0.994. The summed E-state index contributed by atoms with van der Waals surface area (Å²) >= 11 is 6.09. The number of benzene rings is 2. The highest BCUT2D eigenvalue weighted by atomic mass is 35.5. The van der Waals surface area contributed by atoms with E-state index in [9.17, 15) is 13.2 Å². The maximum absolute atomic E-state index is 13.2. The molecule has 0 fully saturated rings. The van der Waals surface area contributed by atoms with E-state index < -0.39 is 15.9 Å². The van der Waals surface area contributed by atoms with Crippen molar-refractivity contribution in [1.29, 1.82) is 0 Å². The average Bonchev–Trinajstić information content (AvgIpc) is 3.02. The molecule has 0 aromatic heterocycles. The number of rotatable bonds is 7. The van der Waals surface area contributed by atoms with Gasteiger partial charge in [-0.15, -0.1) is 0 Å². The van der Waals surface area contributed by atoms with Gasteiger partial charge in [-0.25, -0.2) is 8.42 Å². The predicted molar refractivity (Wildman–Crippen MR) is 112 cm³/mol. The number of amides is 1. The first kappa shape index (κ1) is 20.4. The van der Waals surface area contributed by atoms with E-state index in [1.807, 2.05) is 0 Å². The van der Waals surface area contributed by atoms with Gasteiger partial charge in [-0.3, -0.25) is 4.79 Å². The number of ether oxygens (including phenoxy) is 1. The molecule has 3 rings (SSSR count). The molecule has 1 atom stereocenters. The lowest BCUT2D eigenvalue weighted by Gasteiger charge is -2.28. The maximum atomic E-state index is 13.2. The first-order valence-electron chi connectivity index (χ1n) is 9.12. The van der Waals surface area contributed by atoms with Crippen LogP contribution in [0.3, 0.4) is 0 Å². The molecule has 1 heterocycles. The Bertz CT molecular complexity index is 970. The highest BCUT2D eigenvalue weighted by Crippen LogP contribution is 2.27. The summed E-state index contributed by atoms with van der Waals surface area (Å²) in [5, 5.41) is 1.63. The highest BCUT2D eigenvalue weighted by molar-refractivity contribution is 7.94.